The van der Waals surface area contributed by atoms with Gasteiger partial charge in [0.25, 0.3) is 0 Å². The molecule has 0 aliphatic carbocycles. The summed E-state index contributed by atoms with van der Waals surface area (Å²) in [5, 5.41) is 11.7. The molecule has 1 heterocycles. The fourth-order valence-electron chi connectivity index (χ4n) is 1.32. The van der Waals surface area contributed by atoms with E-state index in [9.17, 15) is 4.79 Å². The van der Waals surface area contributed by atoms with Gasteiger partial charge in [-0.15, -0.1) is 0 Å². The van der Waals surface area contributed by atoms with Gasteiger partial charge >= 0.3 is 5.97 Å². The molecule has 0 amide bonds. The molecule has 1 aromatic heterocycles. The number of carbonyl (C=O) groups excluding carboxylic acids is 1. The van der Waals surface area contributed by atoms with Crippen LogP contribution < -0.4 is 5.32 Å². The molecule has 5 nitrogen and oxygen atoms in total. The van der Waals surface area contributed by atoms with Gasteiger partial charge in [-0.1, -0.05) is 0 Å². The zero-order valence-electron chi connectivity index (χ0n) is 9.93. The zero-order valence-corrected chi connectivity index (χ0v) is 9.93. The van der Waals surface area contributed by atoms with Gasteiger partial charge in [-0.3, -0.25) is 4.79 Å². The fraction of sp³-hybridized carbons (Fsp3) is 0.417. The van der Waals surface area contributed by atoms with Crippen LogP contribution in [-0.4, -0.2) is 23.6 Å². The molecule has 0 spiro atoms. The van der Waals surface area contributed by atoms with E-state index in [1.54, 1.807) is 19.1 Å². The third-order valence-corrected chi connectivity index (χ3v) is 2.07. The molecule has 1 N–H and O–H groups in total. The molecule has 0 bridgehead atoms. The Kier molecular flexibility index (Phi) is 4.95. The number of nitrogens with zero attached hydrogens (tertiary/aromatic N) is 2. The van der Waals surface area contributed by atoms with Gasteiger partial charge in [0.1, 0.15) is 11.9 Å². The first kappa shape index (κ1) is 13.0. The lowest BCUT2D eigenvalue weighted by atomic mass is 10.2. The Morgan fingerprint density at radius 3 is 2.94 bits per heavy atom. The van der Waals surface area contributed by atoms with Crippen molar-refractivity contribution in [1.29, 1.82) is 5.26 Å². The molecular weight excluding hydrogens is 218 g/mol. The molecule has 0 aliphatic rings. The Labute approximate surface area is 100 Å². The minimum Gasteiger partial charge on any atom is -0.466 e. The number of aromatic nitrogens is 1. The molecule has 5 heteroatoms. The third-order valence-electron chi connectivity index (χ3n) is 2.07. The van der Waals surface area contributed by atoms with Crippen molar-refractivity contribution < 1.29 is 9.53 Å². The highest BCUT2D eigenvalue weighted by molar-refractivity contribution is 5.70. The largest absolute Gasteiger partial charge is 0.466 e. The molecule has 0 aliphatic heterocycles. The standard InChI is InChI=1S/C12H15N3O2/c1-3-17-12(16)6-9(2)15-11-5-4-10(7-13)8-14-11/h4-5,8-9H,3,6H2,1-2H3,(H,14,15). The van der Waals surface area contributed by atoms with Crippen LogP contribution >= 0.6 is 0 Å². The Hall–Kier alpha value is -2.09. The number of carbonyl (C=O) groups is 1. The second-order valence-corrected chi connectivity index (χ2v) is 3.60. The number of hydrogen-bond donors (Lipinski definition) is 1. The van der Waals surface area contributed by atoms with Gasteiger partial charge in [-0.2, -0.15) is 5.26 Å². The van der Waals surface area contributed by atoms with Gasteiger partial charge in [0.2, 0.25) is 0 Å². The molecule has 1 aromatic rings. The maximum atomic E-state index is 11.2. The van der Waals surface area contributed by atoms with E-state index in [0.717, 1.165) is 0 Å². The lowest BCUT2D eigenvalue weighted by Gasteiger charge is -2.13. The highest BCUT2D eigenvalue weighted by atomic mass is 16.5. The molecule has 1 rings (SSSR count). The first-order valence-electron chi connectivity index (χ1n) is 5.44. The van der Waals surface area contributed by atoms with Crippen LogP contribution in [0, 0.1) is 11.3 Å². The zero-order chi connectivity index (χ0) is 12.7. The van der Waals surface area contributed by atoms with Gasteiger partial charge in [-0.05, 0) is 26.0 Å². The van der Waals surface area contributed by atoms with E-state index in [-0.39, 0.29) is 18.4 Å². The summed E-state index contributed by atoms with van der Waals surface area (Å²) in [6, 6.07) is 5.31. The van der Waals surface area contributed by atoms with Crippen LogP contribution in [0.3, 0.4) is 0 Å². The topological polar surface area (TPSA) is 75.0 Å². The lowest BCUT2D eigenvalue weighted by Crippen LogP contribution is -2.21. The predicted octanol–water partition coefficient (Wildman–Crippen LogP) is 1.71. The fourth-order valence-corrected chi connectivity index (χ4v) is 1.32. The molecular formula is C12H15N3O2. The van der Waals surface area contributed by atoms with Gasteiger partial charge in [-0.25, -0.2) is 4.98 Å². The quantitative estimate of drug-likeness (QED) is 0.783. The van der Waals surface area contributed by atoms with E-state index in [4.69, 9.17) is 10.00 Å². The van der Waals surface area contributed by atoms with Crippen molar-refractivity contribution in [3.05, 3.63) is 23.9 Å². The van der Waals surface area contributed by atoms with Crippen molar-refractivity contribution >= 4 is 11.8 Å². The second-order valence-electron chi connectivity index (χ2n) is 3.60. The lowest BCUT2D eigenvalue weighted by molar-refractivity contribution is -0.143. The highest BCUT2D eigenvalue weighted by Gasteiger charge is 2.09. The van der Waals surface area contributed by atoms with Crippen molar-refractivity contribution in [3.8, 4) is 6.07 Å². The molecule has 0 aromatic carbocycles. The van der Waals surface area contributed by atoms with E-state index in [0.29, 0.717) is 18.0 Å². The van der Waals surface area contributed by atoms with E-state index < -0.39 is 0 Å². The summed E-state index contributed by atoms with van der Waals surface area (Å²) in [7, 11) is 0. The van der Waals surface area contributed by atoms with Crippen LogP contribution in [-0.2, 0) is 9.53 Å². The number of anilines is 1. The smallest absolute Gasteiger partial charge is 0.307 e. The SMILES string of the molecule is CCOC(=O)CC(C)Nc1ccc(C#N)cn1. The second kappa shape index (κ2) is 6.48. The van der Waals surface area contributed by atoms with Crippen LogP contribution in [0.1, 0.15) is 25.8 Å². The monoisotopic (exact) mass is 233 g/mol. The average Bonchev–Trinajstić information content (AvgIpc) is 2.30. The maximum absolute atomic E-state index is 11.2. The van der Waals surface area contributed by atoms with Crippen molar-refractivity contribution in [3.63, 3.8) is 0 Å². The normalized spacial score (nSPS) is 11.4. The van der Waals surface area contributed by atoms with Gasteiger partial charge < -0.3 is 10.1 Å². The number of nitriles is 1. The Balaban J connectivity index is 2.47. The number of nitrogens with one attached hydrogen (secondary N) is 1. The average molecular weight is 233 g/mol. The van der Waals surface area contributed by atoms with Gasteiger partial charge in [0.15, 0.2) is 0 Å². The highest BCUT2D eigenvalue weighted by Crippen LogP contribution is 2.07. The number of pyridine rings is 1. The molecule has 1 unspecified atom stereocenters. The van der Waals surface area contributed by atoms with Crippen molar-refractivity contribution in [2.75, 3.05) is 11.9 Å². The maximum Gasteiger partial charge on any atom is 0.307 e. The predicted molar refractivity (Wildman–Crippen MR) is 63.3 cm³/mol. The first-order valence-corrected chi connectivity index (χ1v) is 5.44. The number of esters is 1. The molecule has 0 fully saturated rings. The molecule has 17 heavy (non-hydrogen) atoms. The Bertz CT molecular complexity index is 409. The molecule has 0 saturated heterocycles. The van der Waals surface area contributed by atoms with Gasteiger partial charge in [0.05, 0.1) is 18.6 Å². The van der Waals surface area contributed by atoms with Crippen LogP contribution in [0.5, 0.6) is 0 Å². The Morgan fingerprint density at radius 1 is 1.65 bits per heavy atom. The summed E-state index contributed by atoms with van der Waals surface area (Å²) in [6.45, 7) is 4.04. The summed E-state index contributed by atoms with van der Waals surface area (Å²) >= 11 is 0. The van der Waals surface area contributed by atoms with Crippen LogP contribution in [0.25, 0.3) is 0 Å². The third kappa shape index (κ3) is 4.51. The van der Waals surface area contributed by atoms with Crippen LogP contribution in [0.15, 0.2) is 18.3 Å². The minimum absolute atomic E-state index is 0.0607. The minimum atomic E-state index is -0.235. The number of hydrogen-bond acceptors (Lipinski definition) is 5. The van der Waals surface area contributed by atoms with Crippen molar-refractivity contribution in [2.45, 2.75) is 26.3 Å². The van der Waals surface area contributed by atoms with Crippen molar-refractivity contribution in [2.24, 2.45) is 0 Å². The van der Waals surface area contributed by atoms with Crippen LogP contribution in [0.4, 0.5) is 5.82 Å². The summed E-state index contributed by atoms with van der Waals surface area (Å²) in [6.07, 6.45) is 1.77. The molecule has 0 radical (unpaired) electrons. The van der Waals surface area contributed by atoms with E-state index >= 15 is 0 Å². The summed E-state index contributed by atoms with van der Waals surface area (Å²) in [5.74, 6) is 0.405. The molecule has 1 atom stereocenters. The van der Waals surface area contributed by atoms with E-state index in [1.165, 1.54) is 6.20 Å². The number of ether oxygens (including phenoxy) is 1. The van der Waals surface area contributed by atoms with E-state index in [1.807, 2.05) is 13.0 Å². The number of rotatable bonds is 5. The summed E-state index contributed by atoms with van der Waals surface area (Å²) in [4.78, 5) is 15.3. The molecule has 0 saturated carbocycles. The molecule has 90 valence electrons. The first-order chi connectivity index (χ1) is 8.15. The van der Waals surface area contributed by atoms with Crippen LogP contribution in [0.2, 0.25) is 0 Å². The van der Waals surface area contributed by atoms with E-state index in [2.05, 4.69) is 10.3 Å². The summed E-state index contributed by atoms with van der Waals surface area (Å²) < 4.78 is 4.84. The van der Waals surface area contributed by atoms with Crippen molar-refractivity contribution in [1.82, 2.24) is 4.98 Å². The Morgan fingerprint density at radius 2 is 2.41 bits per heavy atom. The summed E-state index contributed by atoms with van der Waals surface area (Å²) in [5.41, 5.74) is 0.508. The van der Waals surface area contributed by atoms with Gasteiger partial charge in [0, 0.05) is 12.2 Å².